The summed E-state index contributed by atoms with van der Waals surface area (Å²) in [5, 5.41) is 8.59. The van der Waals surface area contributed by atoms with E-state index in [1.165, 1.54) is 113 Å². The van der Waals surface area contributed by atoms with Crippen molar-refractivity contribution in [3.63, 3.8) is 0 Å². The van der Waals surface area contributed by atoms with Crippen LogP contribution in [0.1, 0.15) is 156 Å². The highest BCUT2D eigenvalue weighted by molar-refractivity contribution is 9.11. The molecule has 0 bridgehead atoms. The van der Waals surface area contributed by atoms with Crippen LogP contribution in [0.4, 0.5) is 111 Å². The Labute approximate surface area is 710 Å². The quantitative estimate of drug-likeness (QED) is 0.0254. The summed E-state index contributed by atoms with van der Waals surface area (Å²) in [5.41, 5.74) is -15.5. The molecule has 3 aliphatic rings. The molecule has 8 aromatic rings. The first-order valence-electron chi connectivity index (χ1n) is 34.0. The molecule has 3 aromatic heterocycles. The zero-order valence-corrected chi connectivity index (χ0v) is 69.2. The molecular weight excluding hydrogens is 1910 g/mol. The molecule has 5 aromatic carbocycles. The lowest BCUT2D eigenvalue weighted by atomic mass is 9.90. The van der Waals surface area contributed by atoms with Gasteiger partial charge < -0.3 is 25.5 Å². The number of alkyl halides is 17. The van der Waals surface area contributed by atoms with Crippen molar-refractivity contribution in [1.82, 2.24) is 15.0 Å². The maximum absolute atomic E-state index is 16.0. The second-order valence-corrected chi connectivity index (χ2v) is 32.4. The van der Waals surface area contributed by atoms with Gasteiger partial charge in [-0.3, -0.25) is 24.0 Å². The Hall–Kier alpha value is -7.98. The summed E-state index contributed by atoms with van der Waals surface area (Å²) in [6.07, 6.45) is -20.9. The molecule has 3 aliphatic carbocycles. The van der Waals surface area contributed by atoms with Crippen molar-refractivity contribution < 1.29 is 126 Å². The predicted octanol–water partition coefficient (Wildman–Crippen LogP) is 24.4. The molecule has 44 heteroatoms. The van der Waals surface area contributed by atoms with Crippen LogP contribution in [0.3, 0.4) is 0 Å². The molecule has 0 aliphatic heterocycles. The molecule has 4 atom stereocenters. The number of amides is 3. The molecule has 4 unspecified atom stereocenters. The van der Waals surface area contributed by atoms with Gasteiger partial charge >= 0.3 is 42.5 Å². The van der Waals surface area contributed by atoms with E-state index in [0.29, 0.717) is 11.6 Å². The lowest BCUT2D eigenvalue weighted by Crippen LogP contribution is -2.50. The van der Waals surface area contributed by atoms with Crippen molar-refractivity contribution in [2.24, 2.45) is 17.8 Å². The van der Waals surface area contributed by atoms with Gasteiger partial charge in [0.05, 0.1) is 50.6 Å². The normalized spacial score (nSPS) is 15.0. The average molecular weight is 1970 g/mol. The minimum Gasteiger partial charge on any atom is -0.478 e. The van der Waals surface area contributed by atoms with E-state index < -0.39 is 176 Å². The third-order valence-corrected chi connectivity index (χ3v) is 20.9. The van der Waals surface area contributed by atoms with Crippen LogP contribution in [0.5, 0.6) is 0 Å². The topological polar surface area (TPSA) is 214 Å². The summed E-state index contributed by atoms with van der Waals surface area (Å²) in [6.45, 7) is 5.48. The van der Waals surface area contributed by atoms with Gasteiger partial charge in [0.1, 0.15) is 15.5 Å². The number of carboxylic acid groups (broad SMARTS) is 1. The number of nitrogens with zero attached hydrogens (tertiary/aromatic N) is 6. The van der Waals surface area contributed by atoms with Gasteiger partial charge in [-0.15, -0.1) is 0 Å². The Kier molecular flexibility index (Phi) is 32.2. The van der Waals surface area contributed by atoms with Crippen LogP contribution in [-0.2, 0) is 39.3 Å². The maximum atomic E-state index is 16.0. The highest BCUT2D eigenvalue weighted by atomic mass is 79.9. The third kappa shape index (κ3) is 23.8. The lowest BCUT2D eigenvalue weighted by Gasteiger charge is -2.31. The van der Waals surface area contributed by atoms with E-state index >= 15 is 4.39 Å². The molecule has 0 saturated heterocycles. The maximum Gasteiger partial charge on any atom is 0.435 e. The Balaban J connectivity index is 0.000000224. The summed E-state index contributed by atoms with van der Waals surface area (Å²) in [4.78, 5) is 90.9. The summed E-state index contributed by atoms with van der Waals surface area (Å²) in [5.74, 6) is -6.35. The van der Waals surface area contributed by atoms with Crippen LogP contribution in [-0.4, -0.2) is 95.6 Å². The SMILES string of the molecule is CC(C1CC1)N(C(=O)c1ccnc(Cl)c1)c1cccc(C(=O)Cc2c(Br)cc(C(C)(F)C(F)(F)F)cc2C(F)(F)F)c1F.CC(C1CC1)N(C(=O)c1ccnc(Cl)c1)c1cccc(C(=O)Cl)c1F.CC(C1CC1)N(C(=O)c1ccnc(Cl)c1)c1cccc(C(=O)O)c1F.Nc1c(Br)cc(C(F)(C(F)(F)F)C(F)(F)F)cc1C(F)(F)F.O=S(Cl)Cl. The smallest absolute Gasteiger partial charge is 0.435 e. The Morgan fingerprint density at radius 1 is 0.496 bits per heavy atom. The highest BCUT2D eigenvalue weighted by Crippen LogP contribution is 2.56. The number of carboxylic acids is 1. The van der Waals surface area contributed by atoms with Gasteiger partial charge in [0, 0.05) is 95.7 Å². The van der Waals surface area contributed by atoms with Crippen molar-refractivity contribution in [3.05, 3.63) is 237 Å². The lowest BCUT2D eigenvalue weighted by molar-refractivity contribution is -0.348. The van der Waals surface area contributed by atoms with Crippen molar-refractivity contribution in [3.8, 4) is 0 Å². The fourth-order valence-electron chi connectivity index (χ4n) is 11.9. The van der Waals surface area contributed by atoms with Crippen LogP contribution in [0.25, 0.3) is 0 Å². The van der Waals surface area contributed by atoms with Crippen molar-refractivity contribution in [1.29, 1.82) is 0 Å². The van der Waals surface area contributed by atoms with Crippen molar-refractivity contribution >= 4 is 166 Å². The number of pyridine rings is 3. The number of rotatable bonds is 19. The molecule has 15 nitrogen and oxygen atoms in total. The van der Waals surface area contributed by atoms with Gasteiger partial charge in [-0.25, -0.2) is 45.9 Å². The molecule has 3 fully saturated rings. The van der Waals surface area contributed by atoms with Gasteiger partial charge in [-0.05, 0) is 220 Å². The van der Waals surface area contributed by atoms with Gasteiger partial charge in [0.2, 0.25) is 14.9 Å². The second kappa shape index (κ2) is 39.0. The number of Topliss-reactive ketones (excluding diaryl/α,β-unsaturated/α-hetero) is 1. The summed E-state index contributed by atoms with van der Waals surface area (Å²) in [6, 6.07) is 19.1. The zero-order valence-electron chi connectivity index (χ0n) is 60.7. The molecule has 119 heavy (non-hydrogen) atoms. The van der Waals surface area contributed by atoms with E-state index in [2.05, 4.69) is 68.2 Å². The number of hydrogen-bond acceptors (Lipinski definition) is 11. The number of hydrogen-bond donors (Lipinski definition) is 2. The molecule has 3 heterocycles. The second-order valence-electron chi connectivity index (χ2n) is 26.7. The van der Waals surface area contributed by atoms with Crippen LogP contribution >= 0.6 is 99.6 Å². The Morgan fingerprint density at radius 2 is 0.815 bits per heavy atom. The number of carbonyl (C=O) groups excluding carboxylic acids is 5. The number of aromatic carboxylic acids is 1. The number of carbonyl (C=O) groups is 6. The number of ketones is 1. The molecule has 3 saturated carbocycles. The predicted molar refractivity (Wildman–Crippen MR) is 411 cm³/mol. The fourth-order valence-corrected chi connectivity index (χ4v) is 13.6. The van der Waals surface area contributed by atoms with Gasteiger partial charge in [-0.1, -0.05) is 68.9 Å². The first kappa shape index (κ1) is 98.1. The molecule has 11 rings (SSSR count). The van der Waals surface area contributed by atoms with E-state index in [9.17, 15) is 112 Å². The summed E-state index contributed by atoms with van der Waals surface area (Å²) >= 11 is 28.1. The Bertz CT molecular complexity index is 5000. The van der Waals surface area contributed by atoms with E-state index in [-0.39, 0.29) is 98.1 Å². The summed E-state index contributed by atoms with van der Waals surface area (Å²) in [7, 11) is 7.36. The standard InChI is InChI=1S/C29H22BrClF8N2O2.C18H15Cl2FN2O2.C18H16ClFN2O3.C10H4BrF10N.Cl2OS/c1-14(15-6-7-15)41(26(43)16-8-9-40-24(31)10-16)22-5-3-4-18(25(22)32)23(42)13-19-20(28(34,35)36)11-17(12-21(19)30)27(2,33)29(37,38)39;1-10(11-5-6-11)23(18(25)12-7-8-22-15(19)9-12)14-4-2-3-13(16(14)21)17(20)24;1-10(11-5-6-11)22(17(23)12-7-8-21-15(19)9-12)14-4-2-3-13(16(14)20)18(24)25;11-5-2-3(1-4(6(5)22)8(13,14)15)7(12,9(16,17)18)10(19,20)21;1-4(2)3/h3-5,8-12,14-15H,6-7,13H2,1-2H3;2-4,7-11H,5-6H2,1H3;2-4,7-11H,5-6H2,1H3,(H,24,25);1-2H,22H2;. The van der Waals surface area contributed by atoms with E-state index in [4.69, 9.17) is 61.5 Å². The van der Waals surface area contributed by atoms with Gasteiger partial charge in [0.15, 0.2) is 23.2 Å². The highest BCUT2D eigenvalue weighted by Gasteiger charge is 2.74. The van der Waals surface area contributed by atoms with Crippen molar-refractivity contribution in [2.75, 3.05) is 20.4 Å². The average Bonchev–Trinajstić information content (AvgIpc) is 1.68. The fraction of sp³-hybridized carbons (Fsp3) is 0.320. The first-order valence-corrected chi connectivity index (χ1v) is 39.9. The number of nitrogen functional groups attached to an aromatic ring is 1. The number of benzene rings is 5. The molecule has 642 valence electrons. The minimum atomic E-state index is -6.52. The van der Waals surface area contributed by atoms with Crippen molar-refractivity contribution in [2.45, 2.75) is 133 Å². The van der Waals surface area contributed by atoms with E-state index in [1.807, 2.05) is 13.8 Å². The third-order valence-electron chi connectivity index (χ3n) is 18.7. The number of nitrogens with two attached hydrogens (primary N) is 1. The zero-order chi connectivity index (χ0) is 89.6. The molecule has 3 amide bonds. The summed E-state index contributed by atoms with van der Waals surface area (Å²) < 4.78 is 276. The largest absolute Gasteiger partial charge is 0.478 e. The molecule has 3 N–H and O–H groups in total. The van der Waals surface area contributed by atoms with E-state index in [0.717, 1.165) is 49.5 Å². The first-order chi connectivity index (χ1) is 54.9. The molecule has 0 radical (unpaired) electrons. The number of halogens is 28. The van der Waals surface area contributed by atoms with E-state index in [1.54, 1.807) is 6.92 Å². The van der Waals surface area contributed by atoms with Crippen LogP contribution in [0, 0.1) is 35.2 Å². The van der Waals surface area contributed by atoms with Crippen LogP contribution < -0.4 is 20.4 Å². The number of anilines is 4. The molecular formula is C75H57Br2Cl6F20N7O8S. The molecule has 0 spiro atoms. The minimum absolute atomic E-state index is 0.00872. The van der Waals surface area contributed by atoms with Crippen LogP contribution in [0.2, 0.25) is 15.5 Å². The van der Waals surface area contributed by atoms with Gasteiger partial charge in [-0.2, -0.15) is 65.9 Å². The van der Waals surface area contributed by atoms with Crippen LogP contribution in [0.15, 0.2) is 143 Å². The monoisotopic (exact) mass is 1960 g/mol. The number of aromatic nitrogens is 3. The Morgan fingerprint density at radius 3 is 1.13 bits per heavy atom. The van der Waals surface area contributed by atoms with Gasteiger partial charge in [0.25, 0.3) is 23.0 Å².